The number of ether oxygens (including phenoxy) is 1. The number of hydrogen-bond acceptors (Lipinski definition) is 13. The molecular formula is C48H71N7O9S3. The van der Waals surface area contributed by atoms with Crippen LogP contribution in [0, 0.1) is 13.8 Å². The number of amides is 2. The number of rotatable bonds is 25. The number of aryl methyl sites for hydroxylation is 1. The molecular weight excluding hydrogens is 915 g/mol. The number of aromatic amines is 1. The Morgan fingerprint density at radius 2 is 1.67 bits per heavy atom. The molecule has 3 aromatic rings. The number of Topliss-reactive ketones (excluding diaryl/α,β-unsaturated/α-hetero) is 2. The minimum atomic E-state index is -4.41. The smallest absolute Gasteiger partial charge is 0.256 e. The van der Waals surface area contributed by atoms with Gasteiger partial charge in [0.1, 0.15) is 20.1 Å². The third-order valence-electron chi connectivity index (χ3n) is 13.6. The van der Waals surface area contributed by atoms with Crippen LogP contribution in [0.5, 0.6) is 0 Å². The number of hydrogen-bond donors (Lipinski definition) is 6. The van der Waals surface area contributed by atoms with Crippen molar-refractivity contribution >= 4 is 83.3 Å². The molecule has 0 saturated carbocycles. The Morgan fingerprint density at radius 3 is 2.28 bits per heavy atom. The van der Waals surface area contributed by atoms with Crippen molar-refractivity contribution in [3.63, 3.8) is 0 Å². The Bertz CT molecular complexity index is 2570. The number of benzene rings is 1. The zero-order valence-corrected chi connectivity index (χ0v) is 43.4. The fraction of sp³-hybridized carbons (Fsp3) is 0.583. The molecule has 0 spiro atoms. The minimum Gasteiger partial charge on any atom is -0.382 e. The van der Waals surface area contributed by atoms with Gasteiger partial charge in [-0.25, -0.2) is 16.8 Å². The lowest BCUT2D eigenvalue weighted by Gasteiger charge is -2.37. The van der Waals surface area contributed by atoms with E-state index in [1.165, 1.54) is 13.0 Å². The van der Waals surface area contributed by atoms with Crippen LogP contribution in [0.25, 0.3) is 11.6 Å². The van der Waals surface area contributed by atoms with Crippen LogP contribution >= 0.6 is 11.3 Å². The average molecular weight is 986 g/mol. The highest BCUT2D eigenvalue weighted by molar-refractivity contribution is 7.95. The van der Waals surface area contributed by atoms with Crippen LogP contribution < -0.4 is 26.0 Å². The SMILES string of the molecule is CCN[C@H]1C[C@H](C)S(=O)(=O)c2sc(S(=O)(=O)NC(CC)(CC)C(=O)[C@@H](C)OC(CC)(CC)C(=O)CCC(=O)Nc3ccc4c(c3)/C(=C/c3[nH]c(C)c(NCCN(CC)CC)c3C)C(=O)N4)cc21. The van der Waals surface area contributed by atoms with E-state index in [0.717, 1.165) is 48.8 Å². The second kappa shape index (κ2) is 22.0. The molecule has 0 aliphatic carbocycles. The first-order valence-corrected chi connectivity index (χ1v) is 27.5. The Hall–Kier alpha value is -4.24. The molecule has 0 radical (unpaired) electrons. The first-order chi connectivity index (χ1) is 31.6. The molecule has 1 aromatic carbocycles. The van der Waals surface area contributed by atoms with Gasteiger partial charge in [-0.2, -0.15) is 4.72 Å². The maximum Gasteiger partial charge on any atom is 0.256 e. The second-order valence-electron chi connectivity index (χ2n) is 17.6. The molecule has 0 fully saturated rings. The van der Waals surface area contributed by atoms with Gasteiger partial charge in [0.25, 0.3) is 15.9 Å². The van der Waals surface area contributed by atoms with Crippen LogP contribution in [0.4, 0.5) is 17.1 Å². The number of H-pyrrole nitrogens is 1. The van der Waals surface area contributed by atoms with Gasteiger partial charge in [-0.1, -0.05) is 48.5 Å². The maximum atomic E-state index is 14.4. The zero-order chi connectivity index (χ0) is 49.6. The van der Waals surface area contributed by atoms with Crippen molar-refractivity contribution in [1.82, 2.24) is 19.9 Å². The Kier molecular flexibility index (Phi) is 17.7. The van der Waals surface area contributed by atoms with Crippen LogP contribution in [0.2, 0.25) is 0 Å². The number of carbonyl (C=O) groups excluding carboxylic acids is 4. The van der Waals surface area contributed by atoms with Gasteiger partial charge in [-0.3, -0.25) is 19.2 Å². The lowest BCUT2D eigenvalue weighted by molar-refractivity contribution is -0.163. The van der Waals surface area contributed by atoms with Crippen molar-refractivity contribution in [3.05, 3.63) is 52.3 Å². The topological polar surface area (TPSA) is 225 Å². The van der Waals surface area contributed by atoms with E-state index in [0.29, 0.717) is 52.4 Å². The van der Waals surface area contributed by atoms with Gasteiger partial charge in [-0.15, -0.1) is 11.3 Å². The molecule has 2 aliphatic rings. The Balaban J connectivity index is 1.26. The number of nitrogens with one attached hydrogen (secondary N) is 6. The summed E-state index contributed by atoms with van der Waals surface area (Å²) in [6, 6.07) is 6.17. The first kappa shape index (κ1) is 53.7. The van der Waals surface area contributed by atoms with E-state index in [4.69, 9.17) is 4.74 Å². The van der Waals surface area contributed by atoms with E-state index in [1.54, 1.807) is 52.8 Å². The normalized spacial score (nSPS) is 18.1. The summed E-state index contributed by atoms with van der Waals surface area (Å²) < 4.78 is 63.5. The quantitative estimate of drug-likeness (QED) is 0.0454. The molecule has 67 heavy (non-hydrogen) atoms. The predicted molar refractivity (Wildman–Crippen MR) is 267 cm³/mol. The molecule has 2 aliphatic heterocycles. The molecule has 16 nitrogen and oxygen atoms in total. The number of sulfonamides is 1. The number of fused-ring (bicyclic) bond motifs is 2. The lowest BCUT2D eigenvalue weighted by Crippen LogP contribution is -2.58. The van der Waals surface area contributed by atoms with Gasteiger partial charge < -0.3 is 35.9 Å². The van der Waals surface area contributed by atoms with Crippen molar-refractivity contribution < 1.29 is 40.8 Å². The summed E-state index contributed by atoms with van der Waals surface area (Å²) in [5.74, 6) is -1.66. The summed E-state index contributed by atoms with van der Waals surface area (Å²) in [6.45, 7) is 24.3. The molecule has 6 N–H and O–H groups in total. The van der Waals surface area contributed by atoms with Gasteiger partial charge in [0.05, 0.1) is 22.0 Å². The number of anilines is 3. The van der Waals surface area contributed by atoms with E-state index in [9.17, 15) is 36.0 Å². The molecule has 5 rings (SSSR count). The first-order valence-electron chi connectivity index (χ1n) is 23.6. The van der Waals surface area contributed by atoms with Gasteiger partial charge in [-0.05, 0) is 115 Å². The summed E-state index contributed by atoms with van der Waals surface area (Å²) in [5.41, 5.74) is 3.16. The van der Waals surface area contributed by atoms with Crippen molar-refractivity contribution in [2.45, 2.75) is 158 Å². The molecule has 4 heterocycles. The fourth-order valence-electron chi connectivity index (χ4n) is 9.22. The number of nitrogens with zero attached hydrogens (tertiary/aromatic N) is 1. The molecule has 3 atom stereocenters. The monoisotopic (exact) mass is 985 g/mol. The summed E-state index contributed by atoms with van der Waals surface area (Å²) in [4.78, 5) is 60.8. The predicted octanol–water partition coefficient (Wildman–Crippen LogP) is 7.51. The summed E-state index contributed by atoms with van der Waals surface area (Å²) in [6.07, 6.45) is 0.987. The Labute approximate surface area is 401 Å². The number of ketones is 2. The Morgan fingerprint density at radius 1 is 1.00 bits per heavy atom. The number of likely N-dealkylation sites (N-methyl/N-ethyl adjacent to an activating group) is 1. The number of thiophene rings is 1. The average Bonchev–Trinajstić information content (AvgIpc) is 3.98. The van der Waals surface area contributed by atoms with Crippen molar-refractivity contribution in [2.24, 2.45) is 0 Å². The summed E-state index contributed by atoms with van der Waals surface area (Å²) >= 11 is 0.683. The van der Waals surface area contributed by atoms with Crippen LogP contribution in [-0.2, 0) is 43.8 Å². The van der Waals surface area contributed by atoms with Gasteiger partial charge >= 0.3 is 0 Å². The van der Waals surface area contributed by atoms with Gasteiger partial charge in [0.2, 0.25) is 5.91 Å². The second-order valence-corrected chi connectivity index (χ2v) is 23.1. The summed E-state index contributed by atoms with van der Waals surface area (Å²) in [7, 11) is -8.16. The van der Waals surface area contributed by atoms with Crippen LogP contribution in [0.3, 0.4) is 0 Å². The van der Waals surface area contributed by atoms with Crippen LogP contribution in [0.15, 0.2) is 32.7 Å². The largest absolute Gasteiger partial charge is 0.382 e. The summed E-state index contributed by atoms with van der Waals surface area (Å²) in [5, 5.41) is 11.9. The van der Waals surface area contributed by atoms with E-state index >= 15 is 0 Å². The number of carbonyl (C=O) groups is 4. The zero-order valence-electron chi connectivity index (χ0n) is 41.0. The van der Waals surface area contributed by atoms with Crippen molar-refractivity contribution in [2.75, 3.05) is 48.7 Å². The number of aromatic nitrogens is 1. The highest BCUT2D eigenvalue weighted by Crippen LogP contribution is 2.43. The van der Waals surface area contributed by atoms with E-state index < -0.39 is 54.0 Å². The van der Waals surface area contributed by atoms with Crippen molar-refractivity contribution in [3.8, 4) is 0 Å². The molecule has 2 amide bonds. The van der Waals surface area contributed by atoms with E-state index in [1.807, 2.05) is 26.8 Å². The third-order valence-corrected chi connectivity index (χ3v) is 19.5. The standard InChI is InChI=1S/C48H71N7O9S3/c1-12-47(13-2,54-67(62,63)42-28-36-39(49-16-5)25-29(8)66(60,61)46(36)65-42)44(58)32(11)64-48(14-3,15-4)40(56)21-22-41(57)52-33-19-20-37-34(26-33)35(45(59)53-37)27-38-30(9)43(31(10)51-38)50-23-24-55(17-6)18-7/h19-20,26-29,32,39,49-51,54H,12-18,21-25H2,1-11H3,(H,52,57)(H,53,59)/b35-27-/t29-,32+,39-/m0/s1. The lowest BCUT2D eigenvalue weighted by atomic mass is 9.85. The third kappa shape index (κ3) is 11.3. The van der Waals surface area contributed by atoms with E-state index in [-0.39, 0.29) is 64.7 Å². The molecule has 0 saturated heterocycles. The fourth-order valence-corrected chi connectivity index (χ4v) is 14.7. The van der Waals surface area contributed by atoms with E-state index in [2.05, 4.69) is 49.7 Å². The van der Waals surface area contributed by atoms with Gasteiger partial charge in [0, 0.05) is 65.9 Å². The van der Waals surface area contributed by atoms with Gasteiger partial charge in [0.15, 0.2) is 21.4 Å². The molecule has 370 valence electrons. The molecule has 0 bridgehead atoms. The number of sulfone groups is 1. The maximum absolute atomic E-state index is 14.4. The van der Waals surface area contributed by atoms with Crippen molar-refractivity contribution in [1.29, 1.82) is 0 Å². The van der Waals surface area contributed by atoms with Crippen LogP contribution in [-0.4, -0.2) is 105 Å². The molecule has 0 unspecified atom stereocenters. The highest BCUT2D eigenvalue weighted by Gasteiger charge is 2.47. The molecule has 2 aromatic heterocycles. The minimum absolute atomic E-state index is 0.00618. The molecule has 19 heteroatoms. The highest BCUT2D eigenvalue weighted by atomic mass is 32.3. The van der Waals surface area contributed by atoms with Crippen LogP contribution in [0.1, 0.15) is 141 Å².